The summed E-state index contributed by atoms with van der Waals surface area (Å²) in [5.41, 5.74) is 3.81. The Hall–Kier alpha value is -1.18. The van der Waals surface area contributed by atoms with Crippen LogP contribution in [0.4, 0.5) is 0 Å². The summed E-state index contributed by atoms with van der Waals surface area (Å²) in [5.74, 6) is 1.79. The van der Waals surface area contributed by atoms with Gasteiger partial charge in [0.25, 0.3) is 0 Å². The molecule has 0 unspecified atom stereocenters. The fraction of sp³-hybridized carbons (Fsp3) is 0.278. The molecule has 1 radical (unpaired) electrons. The minimum Gasteiger partial charge on any atom is -0.493 e. The third-order valence-corrected chi connectivity index (χ3v) is 3.61. The lowest BCUT2D eigenvalue weighted by Crippen LogP contribution is -2.01. The Morgan fingerprint density at radius 3 is 2.10 bits per heavy atom. The summed E-state index contributed by atoms with van der Waals surface area (Å²) in [7, 11) is 0. The maximum absolute atomic E-state index is 5.78. The third kappa shape index (κ3) is 5.26. The van der Waals surface area contributed by atoms with Crippen LogP contribution in [-0.4, -0.2) is 6.61 Å². The molecule has 0 bridgehead atoms. The molecule has 0 amide bonds. The van der Waals surface area contributed by atoms with Crippen LogP contribution in [0, 0.1) is 6.92 Å². The Morgan fingerprint density at radius 2 is 1.52 bits per heavy atom. The molecule has 2 aromatic rings. The average molecular weight is 324 g/mol. The number of hydrogen-bond donors (Lipinski definition) is 0. The van der Waals surface area contributed by atoms with E-state index < -0.39 is 0 Å². The first kappa shape index (κ1) is 17.9. The maximum Gasteiger partial charge on any atom is 0.119 e. The smallest absolute Gasteiger partial charge is 0.119 e. The number of ether oxygens (including phenoxy) is 1. The minimum atomic E-state index is 0. The van der Waals surface area contributed by atoms with Gasteiger partial charge >= 0.3 is 0 Å². The van der Waals surface area contributed by atoms with Crippen LogP contribution in [0.25, 0.3) is 0 Å². The molecule has 0 aromatic heterocycles. The monoisotopic (exact) mass is 323 g/mol. The second-order valence-corrected chi connectivity index (χ2v) is 5.26. The highest BCUT2D eigenvalue weighted by atomic mass is 35.5. The van der Waals surface area contributed by atoms with E-state index in [1.807, 2.05) is 12.1 Å². The Kier molecular flexibility index (Phi) is 7.07. The van der Waals surface area contributed by atoms with Gasteiger partial charge in [-0.25, -0.2) is 0 Å². The lowest BCUT2D eigenvalue weighted by Gasteiger charge is -2.07. The highest BCUT2D eigenvalue weighted by Crippen LogP contribution is 2.40. The zero-order chi connectivity index (χ0) is 13.1. The second kappa shape index (κ2) is 8.31. The van der Waals surface area contributed by atoms with Gasteiger partial charge in [-0.05, 0) is 54.5 Å². The molecule has 0 saturated heterocycles. The first-order chi connectivity index (χ1) is 9.31. The summed E-state index contributed by atoms with van der Waals surface area (Å²) in [5, 5.41) is 0. The van der Waals surface area contributed by atoms with Crippen LogP contribution in [0.1, 0.15) is 35.4 Å². The molecule has 1 aliphatic rings. The largest absolute Gasteiger partial charge is 0.493 e. The second-order valence-electron chi connectivity index (χ2n) is 5.26. The van der Waals surface area contributed by atoms with Gasteiger partial charge in [-0.2, -0.15) is 0 Å². The van der Waals surface area contributed by atoms with E-state index in [2.05, 4.69) is 43.3 Å². The summed E-state index contributed by atoms with van der Waals surface area (Å²) < 4.78 is 5.78. The Bertz CT molecular complexity index is 530. The summed E-state index contributed by atoms with van der Waals surface area (Å²) in [6.07, 6.45) is 3.63. The van der Waals surface area contributed by atoms with Crippen LogP contribution in [0.2, 0.25) is 0 Å². The van der Waals surface area contributed by atoms with Gasteiger partial charge in [0.1, 0.15) is 5.75 Å². The van der Waals surface area contributed by atoms with Crippen LogP contribution in [0.3, 0.4) is 0 Å². The van der Waals surface area contributed by atoms with Crippen LogP contribution >= 0.6 is 24.8 Å². The van der Waals surface area contributed by atoms with Gasteiger partial charge in [-0.3, -0.25) is 0 Å². The Labute approximate surface area is 139 Å². The third-order valence-electron chi connectivity index (χ3n) is 3.61. The van der Waals surface area contributed by atoms with Crippen molar-refractivity contribution in [2.75, 3.05) is 6.61 Å². The predicted octanol–water partition coefficient (Wildman–Crippen LogP) is 5.21. The number of rotatable bonds is 5. The molecule has 21 heavy (non-hydrogen) atoms. The maximum atomic E-state index is 5.78. The van der Waals surface area contributed by atoms with Crippen molar-refractivity contribution in [1.82, 2.24) is 0 Å². The topological polar surface area (TPSA) is 9.23 Å². The standard InChI is InChI=1S/C18H19O.2ClH/c1-14-2-4-15(5-3-14)12-13-19-18-10-8-17(9-11-18)16-6-7-16;;/h2-5,8-11,16H,1,6-7,12-13H2;2*1H. The SMILES string of the molecule is Cl.Cl.[CH2]c1ccc(CCOc2ccc(C3CC3)cc2)cc1. The molecule has 1 fully saturated rings. The molecule has 1 nitrogen and oxygen atoms in total. The number of halogens is 2. The van der Waals surface area contributed by atoms with Gasteiger partial charge in [-0.1, -0.05) is 36.4 Å². The van der Waals surface area contributed by atoms with Gasteiger partial charge in [0.05, 0.1) is 6.61 Å². The molecule has 0 N–H and O–H groups in total. The molecule has 3 heteroatoms. The first-order valence-corrected chi connectivity index (χ1v) is 6.95. The van der Waals surface area contributed by atoms with E-state index in [0.717, 1.165) is 30.3 Å². The summed E-state index contributed by atoms with van der Waals surface area (Å²) in [6.45, 7) is 4.61. The van der Waals surface area contributed by atoms with Gasteiger partial charge in [-0.15, -0.1) is 24.8 Å². The summed E-state index contributed by atoms with van der Waals surface area (Å²) >= 11 is 0. The molecule has 1 saturated carbocycles. The Morgan fingerprint density at radius 1 is 0.905 bits per heavy atom. The molecular weight excluding hydrogens is 303 g/mol. The summed E-state index contributed by atoms with van der Waals surface area (Å²) in [6, 6.07) is 16.9. The lowest BCUT2D eigenvalue weighted by atomic mass is 10.1. The van der Waals surface area contributed by atoms with Crippen molar-refractivity contribution in [2.45, 2.75) is 25.2 Å². The normalized spacial score (nSPS) is 13.0. The number of hydrogen-bond acceptors (Lipinski definition) is 1. The fourth-order valence-electron chi connectivity index (χ4n) is 2.25. The molecule has 2 aromatic carbocycles. The quantitative estimate of drug-likeness (QED) is 0.733. The molecule has 0 heterocycles. The molecule has 0 spiro atoms. The van der Waals surface area contributed by atoms with Gasteiger partial charge in [0, 0.05) is 6.42 Å². The van der Waals surface area contributed by atoms with Crippen molar-refractivity contribution in [1.29, 1.82) is 0 Å². The summed E-state index contributed by atoms with van der Waals surface area (Å²) in [4.78, 5) is 0. The average Bonchev–Trinajstić information content (AvgIpc) is 3.26. The predicted molar refractivity (Wildman–Crippen MR) is 93.0 cm³/mol. The van der Waals surface area contributed by atoms with E-state index in [1.165, 1.54) is 24.0 Å². The van der Waals surface area contributed by atoms with Gasteiger partial charge in [0.2, 0.25) is 0 Å². The van der Waals surface area contributed by atoms with E-state index in [-0.39, 0.29) is 24.8 Å². The molecule has 3 rings (SSSR count). The molecular formula is C18H21Cl2O. The lowest BCUT2D eigenvalue weighted by molar-refractivity contribution is 0.322. The van der Waals surface area contributed by atoms with Crippen molar-refractivity contribution < 1.29 is 4.74 Å². The van der Waals surface area contributed by atoms with E-state index in [1.54, 1.807) is 0 Å². The van der Waals surface area contributed by atoms with Crippen molar-refractivity contribution in [3.05, 3.63) is 72.1 Å². The van der Waals surface area contributed by atoms with E-state index in [4.69, 9.17) is 4.74 Å². The van der Waals surface area contributed by atoms with E-state index in [9.17, 15) is 0 Å². The van der Waals surface area contributed by atoms with Crippen LogP contribution in [0.5, 0.6) is 5.75 Å². The van der Waals surface area contributed by atoms with Crippen molar-refractivity contribution in [3.63, 3.8) is 0 Å². The van der Waals surface area contributed by atoms with Crippen LogP contribution < -0.4 is 4.74 Å². The molecule has 0 atom stereocenters. The number of benzene rings is 2. The van der Waals surface area contributed by atoms with Crippen LogP contribution in [-0.2, 0) is 6.42 Å². The highest BCUT2D eigenvalue weighted by Gasteiger charge is 2.22. The highest BCUT2D eigenvalue weighted by molar-refractivity contribution is 5.85. The Balaban J connectivity index is 0.00000110. The van der Waals surface area contributed by atoms with E-state index in [0.29, 0.717) is 0 Å². The van der Waals surface area contributed by atoms with E-state index >= 15 is 0 Å². The minimum absolute atomic E-state index is 0. The zero-order valence-corrected chi connectivity index (χ0v) is 13.6. The van der Waals surface area contributed by atoms with Crippen molar-refractivity contribution in [3.8, 4) is 5.75 Å². The van der Waals surface area contributed by atoms with Crippen molar-refractivity contribution >= 4 is 24.8 Å². The first-order valence-electron chi connectivity index (χ1n) is 6.95. The van der Waals surface area contributed by atoms with Gasteiger partial charge < -0.3 is 4.74 Å². The van der Waals surface area contributed by atoms with Crippen LogP contribution in [0.15, 0.2) is 48.5 Å². The molecule has 113 valence electrons. The fourth-order valence-corrected chi connectivity index (χ4v) is 2.25. The van der Waals surface area contributed by atoms with Gasteiger partial charge in [0.15, 0.2) is 0 Å². The molecule has 1 aliphatic carbocycles. The molecule has 0 aliphatic heterocycles. The zero-order valence-electron chi connectivity index (χ0n) is 12.0. The van der Waals surface area contributed by atoms with Crippen molar-refractivity contribution in [2.24, 2.45) is 0 Å².